The van der Waals surface area contributed by atoms with Crippen molar-refractivity contribution in [3.8, 4) is 5.75 Å². The molecule has 2 N–H and O–H groups in total. The number of hydrogen-bond acceptors (Lipinski definition) is 3. The first-order valence-electron chi connectivity index (χ1n) is 10.8. The molecule has 0 radical (unpaired) electrons. The Balaban J connectivity index is 1.61. The van der Waals surface area contributed by atoms with Crippen LogP contribution in [0.4, 0.5) is 13.2 Å². The van der Waals surface area contributed by atoms with Gasteiger partial charge in [-0.25, -0.2) is 0 Å². The van der Waals surface area contributed by atoms with Gasteiger partial charge in [-0.3, -0.25) is 4.79 Å². The van der Waals surface area contributed by atoms with Crippen LogP contribution in [0.3, 0.4) is 0 Å². The summed E-state index contributed by atoms with van der Waals surface area (Å²) in [5.74, 6) is -0.634. The van der Waals surface area contributed by atoms with Crippen LogP contribution in [0.25, 0.3) is 10.9 Å². The van der Waals surface area contributed by atoms with Crippen LogP contribution in [0.15, 0.2) is 48.5 Å². The van der Waals surface area contributed by atoms with Crippen molar-refractivity contribution in [3.05, 3.63) is 64.8 Å². The molecule has 2 atom stereocenters. The summed E-state index contributed by atoms with van der Waals surface area (Å²) in [6.45, 7) is 0.520. The SMILES string of the molecule is O=C(NC[C@H]1CCCC[C@@H]1O)c1cc2cc(Cl)ccc2n1Cc1cccc(OC(F)(F)F)c1. The molecule has 0 spiro atoms. The molecular weight excluding hydrogens is 457 g/mol. The molecule has 176 valence electrons. The normalized spacial score (nSPS) is 18.9. The Labute approximate surface area is 194 Å². The van der Waals surface area contributed by atoms with Crippen LogP contribution in [0.2, 0.25) is 5.02 Å². The molecule has 0 bridgehead atoms. The fourth-order valence-electron chi connectivity index (χ4n) is 4.36. The average Bonchev–Trinajstić information content (AvgIpc) is 3.09. The number of carbonyl (C=O) groups is 1. The highest BCUT2D eigenvalue weighted by molar-refractivity contribution is 6.31. The molecule has 1 amide bonds. The second-order valence-electron chi connectivity index (χ2n) is 8.34. The van der Waals surface area contributed by atoms with E-state index in [1.807, 2.05) is 0 Å². The Morgan fingerprint density at radius 1 is 1.15 bits per heavy atom. The number of nitrogens with one attached hydrogen (secondary N) is 1. The fraction of sp³-hybridized carbons (Fsp3) is 0.375. The molecule has 0 aliphatic heterocycles. The van der Waals surface area contributed by atoms with Gasteiger partial charge in [-0.1, -0.05) is 36.6 Å². The molecule has 9 heteroatoms. The van der Waals surface area contributed by atoms with E-state index >= 15 is 0 Å². The number of aliphatic hydroxyl groups excluding tert-OH is 1. The lowest BCUT2D eigenvalue weighted by molar-refractivity contribution is -0.274. The topological polar surface area (TPSA) is 63.5 Å². The van der Waals surface area contributed by atoms with Crippen LogP contribution in [0, 0.1) is 5.92 Å². The Morgan fingerprint density at radius 2 is 1.94 bits per heavy atom. The highest BCUT2D eigenvalue weighted by Gasteiger charge is 2.31. The van der Waals surface area contributed by atoms with Gasteiger partial charge >= 0.3 is 6.36 Å². The summed E-state index contributed by atoms with van der Waals surface area (Å²) in [6.07, 6.45) is -1.63. The minimum absolute atomic E-state index is 0.00571. The number of hydrogen-bond donors (Lipinski definition) is 2. The minimum atomic E-state index is -4.79. The smallest absolute Gasteiger partial charge is 0.406 e. The molecule has 1 fully saturated rings. The largest absolute Gasteiger partial charge is 0.573 e. The molecule has 1 aliphatic rings. The summed E-state index contributed by atoms with van der Waals surface area (Å²) < 4.78 is 43.6. The summed E-state index contributed by atoms with van der Waals surface area (Å²) in [5, 5.41) is 14.4. The Bertz CT molecular complexity index is 1150. The Kier molecular flexibility index (Phi) is 6.86. The van der Waals surface area contributed by atoms with Gasteiger partial charge < -0.3 is 19.7 Å². The fourth-order valence-corrected chi connectivity index (χ4v) is 4.54. The van der Waals surface area contributed by atoms with Gasteiger partial charge in [0.15, 0.2) is 0 Å². The number of benzene rings is 2. The van der Waals surface area contributed by atoms with Gasteiger partial charge in [0.1, 0.15) is 11.4 Å². The Morgan fingerprint density at radius 3 is 2.70 bits per heavy atom. The zero-order valence-corrected chi connectivity index (χ0v) is 18.5. The van der Waals surface area contributed by atoms with Gasteiger partial charge in [0.2, 0.25) is 0 Å². The number of fused-ring (bicyclic) bond motifs is 1. The first kappa shape index (κ1) is 23.4. The number of rotatable bonds is 6. The summed E-state index contributed by atoms with van der Waals surface area (Å²) in [5.41, 5.74) is 1.63. The van der Waals surface area contributed by atoms with Gasteiger partial charge in [-0.05, 0) is 54.8 Å². The number of alkyl halides is 3. The second kappa shape index (κ2) is 9.65. The molecule has 3 aromatic rings. The minimum Gasteiger partial charge on any atom is -0.406 e. The predicted molar refractivity (Wildman–Crippen MR) is 119 cm³/mol. The van der Waals surface area contributed by atoms with E-state index in [1.54, 1.807) is 34.9 Å². The number of ether oxygens (including phenoxy) is 1. The number of halogens is 4. The molecule has 5 nitrogen and oxygen atoms in total. The van der Waals surface area contributed by atoms with E-state index < -0.39 is 12.5 Å². The third kappa shape index (κ3) is 5.81. The van der Waals surface area contributed by atoms with Crippen LogP contribution >= 0.6 is 11.6 Å². The standard InChI is InChI=1S/C24H24ClF3N2O3/c25-18-8-9-20-17(11-18)12-21(23(32)29-13-16-5-1-2-7-22(16)31)30(20)14-15-4-3-6-19(10-15)33-24(26,27)28/h3-4,6,8-12,16,22,31H,1-2,5,7,13-14H2,(H,29,32)/t16-,22+/m1/s1. The molecule has 1 heterocycles. The zero-order chi connectivity index (χ0) is 23.6. The van der Waals surface area contributed by atoms with Crippen molar-refractivity contribution in [2.45, 2.75) is 44.7 Å². The van der Waals surface area contributed by atoms with E-state index in [2.05, 4.69) is 10.1 Å². The molecule has 33 heavy (non-hydrogen) atoms. The maximum Gasteiger partial charge on any atom is 0.573 e. The van der Waals surface area contributed by atoms with E-state index in [0.29, 0.717) is 22.8 Å². The van der Waals surface area contributed by atoms with Crippen LogP contribution < -0.4 is 10.1 Å². The number of nitrogens with zero attached hydrogens (tertiary/aromatic N) is 1. The van der Waals surface area contributed by atoms with Crippen molar-refractivity contribution in [2.75, 3.05) is 6.54 Å². The molecule has 1 aromatic heterocycles. The van der Waals surface area contributed by atoms with E-state index in [0.717, 1.165) is 36.6 Å². The number of aromatic nitrogens is 1. The lowest BCUT2D eigenvalue weighted by Crippen LogP contribution is -2.37. The molecule has 1 aliphatic carbocycles. The molecule has 0 saturated heterocycles. The quantitative estimate of drug-likeness (QED) is 0.488. The average molecular weight is 481 g/mol. The predicted octanol–water partition coefficient (Wildman–Crippen LogP) is 5.52. The maximum atomic E-state index is 13.1. The van der Waals surface area contributed by atoms with Crippen molar-refractivity contribution >= 4 is 28.4 Å². The molecular formula is C24H24ClF3N2O3. The highest BCUT2D eigenvalue weighted by atomic mass is 35.5. The van der Waals surface area contributed by atoms with Crippen molar-refractivity contribution in [3.63, 3.8) is 0 Å². The molecule has 1 saturated carbocycles. The lowest BCUT2D eigenvalue weighted by Gasteiger charge is -2.27. The van der Waals surface area contributed by atoms with Gasteiger partial charge in [0.25, 0.3) is 5.91 Å². The van der Waals surface area contributed by atoms with Crippen molar-refractivity contribution in [1.82, 2.24) is 9.88 Å². The third-order valence-corrected chi connectivity index (χ3v) is 6.20. The van der Waals surface area contributed by atoms with Crippen molar-refractivity contribution < 1.29 is 27.8 Å². The van der Waals surface area contributed by atoms with Gasteiger partial charge in [-0.15, -0.1) is 13.2 Å². The number of amides is 1. The van der Waals surface area contributed by atoms with E-state index in [-0.39, 0.29) is 24.1 Å². The Hall–Kier alpha value is -2.71. The van der Waals surface area contributed by atoms with Crippen molar-refractivity contribution in [1.29, 1.82) is 0 Å². The number of aliphatic hydroxyl groups is 1. The first-order chi connectivity index (χ1) is 15.7. The summed E-state index contributed by atoms with van der Waals surface area (Å²) in [7, 11) is 0. The monoisotopic (exact) mass is 480 g/mol. The van der Waals surface area contributed by atoms with Crippen LogP contribution in [0.1, 0.15) is 41.7 Å². The van der Waals surface area contributed by atoms with Crippen LogP contribution in [0.5, 0.6) is 5.75 Å². The first-order valence-corrected chi connectivity index (χ1v) is 11.2. The molecule has 2 aromatic carbocycles. The third-order valence-electron chi connectivity index (χ3n) is 5.96. The van der Waals surface area contributed by atoms with Crippen LogP contribution in [-0.2, 0) is 6.54 Å². The summed E-state index contributed by atoms with van der Waals surface area (Å²) in [6, 6.07) is 12.6. The van der Waals surface area contributed by atoms with Gasteiger partial charge in [-0.2, -0.15) is 0 Å². The zero-order valence-electron chi connectivity index (χ0n) is 17.7. The van der Waals surface area contributed by atoms with Gasteiger partial charge in [0.05, 0.1) is 6.10 Å². The lowest BCUT2D eigenvalue weighted by atomic mass is 9.86. The summed E-state index contributed by atoms with van der Waals surface area (Å²) in [4.78, 5) is 13.1. The second-order valence-corrected chi connectivity index (χ2v) is 8.77. The van der Waals surface area contributed by atoms with Gasteiger partial charge in [0, 0.05) is 34.9 Å². The summed E-state index contributed by atoms with van der Waals surface area (Å²) >= 11 is 6.12. The highest BCUT2D eigenvalue weighted by Crippen LogP contribution is 2.28. The van der Waals surface area contributed by atoms with E-state index in [1.165, 1.54) is 18.2 Å². The van der Waals surface area contributed by atoms with Crippen LogP contribution in [-0.4, -0.2) is 34.6 Å². The van der Waals surface area contributed by atoms with E-state index in [9.17, 15) is 23.1 Å². The maximum absolute atomic E-state index is 13.1. The molecule has 4 rings (SSSR count). The molecule has 0 unspecified atom stereocenters. The van der Waals surface area contributed by atoms with E-state index in [4.69, 9.17) is 11.6 Å². The number of carbonyl (C=O) groups excluding carboxylic acids is 1. The van der Waals surface area contributed by atoms with Crippen molar-refractivity contribution in [2.24, 2.45) is 5.92 Å².